The summed E-state index contributed by atoms with van der Waals surface area (Å²) < 4.78 is 46.1. The first-order valence-corrected chi connectivity index (χ1v) is 12.4. The van der Waals surface area contributed by atoms with E-state index in [9.17, 15) is 17.6 Å². The Balaban J connectivity index is 1.41. The van der Waals surface area contributed by atoms with E-state index in [1.165, 1.54) is 27.8 Å². The summed E-state index contributed by atoms with van der Waals surface area (Å²) in [5, 5.41) is 5.17. The molecule has 168 valence electrons. The van der Waals surface area contributed by atoms with Crippen molar-refractivity contribution in [3.63, 3.8) is 0 Å². The smallest absolute Gasteiger partial charge is 0.243 e. The summed E-state index contributed by atoms with van der Waals surface area (Å²) in [5.74, 6) is -0.623. The second-order valence-electron chi connectivity index (χ2n) is 7.23. The van der Waals surface area contributed by atoms with Crippen LogP contribution in [-0.4, -0.2) is 49.9 Å². The second kappa shape index (κ2) is 9.86. The van der Waals surface area contributed by atoms with Gasteiger partial charge in [0, 0.05) is 30.6 Å². The predicted molar refractivity (Wildman–Crippen MR) is 119 cm³/mol. The molecule has 1 saturated heterocycles. The number of carbonyl (C=O) groups is 1. The topological polar surface area (TPSA) is 88.6 Å². The van der Waals surface area contributed by atoms with Crippen LogP contribution in [0, 0.1) is 5.82 Å². The van der Waals surface area contributed by atoms with Crippen molar-refractivity contribution in [2.24, 2.45) is 0 Å². The van der Waals surface area contributed by atoms with Crippen LogP contribution in [0.1, 0.15) is 11.3 Å². The number of ether oxygens (including phenoxy) is 1. The molecule has 2 heterocycles. The number of nitrogens with one attached hydrogen (secondary N) is 1. The summed E-state index contributed by atoms with van der Waals surface area (Å²) in [6.07, 6.45) is 0.0458. The number of sulfonamides is 1. The molecule has 0 atom stereocenters. The van der Waals surface area contributed by atoms with Gasteiger partial charge in [-0.1, -0.05) is 30.3 Å². The SMILES string of the molecule is O=C(Cc1csc(-c2cccc(F)c2)n1)NCc1ccccc1S(=O)(=O)N1CCOCC1. The third kappa shape index (κ3) is 5.21. The number of hydrogen-bond donors (Lipinski definition) is 1. The second-order valence-corrected chi connectivity index (χ2v) is 10.00. The maximum atomic E-state index is 13.4. The Morgan fingerprint density at radius 2 is 1.94 bits per heavy atom. The molecular formula is C22H22FN3O4S2. The Kier molecular flexibility index (Phi) is 6.95. The molecule has 1 aromatic heterocycles. The number of benzene rings is 2. The fraction of sp³-hybridized carbons (Fsp3) is 0.273. The van der Waals surface area contributed by atoms with Crippen molar-refractivity contribution in [3.05, 3.63) is 71.0 Å². The third-order valence-corrected chi connectivity index (χ3v) is 7.94. The van der Waals surface area contributed by atoms with Crippen molar-refractivity contribution in [2.45, 2.75) is 17.9 Å². The van der Waals surface area contributed by atoms with Gasteiger partial charge in [0.05, 0.1) is 30.2 Å². The van der Waals surface area contributed by atoms with E-state index >= 15 is 0 Å². The van der Waals surface area contributed by atoms with Gasteiger partial charge in [-0.05, 0) is 23.8 Å². The summed E-state index contributed by atoms with van der Waals surface area (Å²) in [7, 11) is -3.67. The molecular weight excluding hydrogens is 453 g/mol. The first-order valence-electron chi connectivity index (χ1n) is 10.1. The number of halogens is 1. The van der Waals surface area contributed by atoms with Crippen LogP contribution < -0.4 is 5.32 Å². The molecule has 7 nitrogen and oxygen atoms in total. The lowest BCUT2D eigenvalue weighted by Crippen LogP contribution is -2.41. The zero-order valence-corrected chi connectivity index (χ0v) is 18.8. The fourth-order valence-electron chi connectivity index (χ4n) is 3.39. The van der Waals surface area contributed by atoms with E-state index < -0.39 is 10.0 Å². The standard InChI is InChI=1S/C22H22FN3O4S2/c23-18-6-3-5-16(12-18)22-25-19(15-31-22)13-21(27)24-14-17-4-1-2-7-20(17)32(28,29)26-8-10-30-11-9-26/h1-7,12,15H,8-11,13-14H2,(H,24,27). The summed E-state index contributed by atoms with van der Waals surface area (Å²) in [5.41, 5.74) is 1.75. The van der Waals surface area contributed by atoms with Crippen LogP contribution in [0.3, 0.4) is 0 Å². The Hall–Kier alpha value is -2.66. The van der Waals surface area contributed by atoms with Gasteiger partial charge in [-0.25, -0.2) is 17.8 Å². The van der Waals surface area contributed by atoms with Gasteiger partial charge in [0.2, 0.25) is 15.9 Å². The highest BCUT2D eigenvalue weighted by atomic mass is 32.2. The number of hydrogen-bond acceptors (Lipinski definition) is 6. The van der Waals surface area contributed by atoms with Crippen molar-refractivity contribution in [3.8, 4) is 10.6 Å². The highest BCUT2D eigenvalue weighted by molar-refractivity contribution is 7.89. The van der Waals surface area contributed by atoms with Crippen LogP contribution in [0.25, 0.3) is 10.6 Å². The van der Waals surface area contributed by atoms with Crippen LogP contribution in [0.5, 0.6) is 0 Å². The molecule has 0 radical (unpaired) electrons. The van der Waals surface area contributed by atoms with Gasteiger partial charge in [0.1, 0.15) is 10.8 Å². The number of nitrogens with zero attached hydrogens (tertiary/aromatic N) is 2. The summed E-state index contributed by atoms with van der Waals surface area (Å²) in [4.78, 5) is 17.1. The number of aromatic nitrogens is 1. The van der Waals surface area contributed by atoms with Crippen LogP contribution >= 0.6 is 11.3 Å². The minimum atomic E-state index is -3.67. The first kappa shape index (κ1) is 22.5. The van der Waals surface area contributed by atoms with Gasteiger partial charge in [0.15, 0.2) is 0 Å². The van der Waals surface area contributed by atoms with Gasteiger partial charge in [-0.15, -0.1) is 11.3 Å². The zero-order valence-electron chi connectivity index (χ0n) is 17.2. The fourth-order valence-corrected chi connectivity index (χ4v) is 5.84. The molecule has 4 rings (SSSR count). The van der Waals surface area contributed by atoms with Crippen LogP contribution in [0.15, 0.2) is 58.8 Å². The molecule has 1 amide bonds. The van der Waals surface area contributed by atoms with Crippen molar-refractivity contribution >= 4 is 27.3 Å². The van der Waals surface area contributed by atoms with E-state index in [-0.39, 0.29) is 29.6 Å². The lowest BCUT2D eigenvalue weighted by molar-refractivity contribution is -0.120. The summed E-state index contributed by atoms with van der Waals surface area (Å²) in [6.45, 7) is 1.42. The van der Waals surface area contributed by atoms with Gasteiger partial charge in [-0.2, -0.15) is 4.31 Å². The molecule has 32 heavy (non-hydrogen) atoms. The van der Waals surface area contributed by atoms with Crippen LogP contribution in [0.4, 0.5) is 4.39 Å². The summed E-state index contributed by atoms with van der Waals surface area (Å²) >= 11 is 1.34. The van der Waals surface area contributed by atoms with Crippen molar-refractivity contribution in [2.75, 3.05) is 26.3 Å². The molecule has 10 heteroatoms. The Morgan fingerprint density at radius 3 is 2.72 bits per heavy atom. The molecule has 2 aromatic carbocycles. The molecule has 1 N–H and O–H groups in total. The number of thiazole rings is 1. The molecule has 3 aromatic rings. The maximum absolute atomic E-state index is 13.4. The molecule has 1 aliphatic rings. The van der Waals surface area contributed by atoms with Crippen LogP contribution in [-0.2, 0) is 32.5 Å². The summed E-state index contributed by atoms with van der Waals surface area (Å²) in [6, 6.07) is 12.8. The van der Waals surface area contributed by atoms with Crippen LogP contribution in [0.2, 0.25) is 0 Å². The molecule has 0 spiro atoms. The molecule has 0 aliphatic carbocycles. The molecule has 1 fully saturated rings. The van der Waals surface area contributed by atoms with Gasteiger partial charge in [-0.3, -0.25) is 4.79 Å². The minimum Gasteiger partial charge on any atom is -0.379 e. The van der Waals surface area contributed by atoms with Crippen molar-refractivity contribution in [1.82, 2.24) is 14.6 Å². The van der Waals surface area contributed by atoms with Crippen molar-refractivity contribution in [1.29, 1.82) is 0 Å². The minimum absolute atomic E-state index is 0.0458. The molecule has 0 saturated carbocycles. The lowest BCUT2D eigenvalue weighted by atomic mass is 10.2. The average Bonchev–Trinajstić information content (AvgIpc) is 3.27. The number of carbonyl (C=O) groups excluding carboxylic acids is 1. The van der Waals surface area contributed by atoms with Gasteiger partial charge >= 0.3 is 0 Å². The van der Waals surface area contributed by atoms with E-state index in [4.69, 9.17) is 4.74 Å². The zero-order chi connectivity index (χ0) is 22.6. The predicted octanol–water partition coefficient (Wildman–Crippen LogP) is 2.83. The molecule has 1 aliphatic heterocycles. The lowest BCUT2D eigenvalue weighted by Gasteiger charge is -2.27. The Bertz CT molecular complexity index is 1210. The van der Waals surface area contributed by atoms with E-state index in [1.54, 1.807) is 41.8 Å². The first-order chi connectivity index (χ1) is 15.4. The number of morpholine rings is 1. The Labute approximate surface area is 189 Å². The number of rotatable bonds is 7. The quantitative estimate of drug-likeness (QED) is 0.568. The van der Waals surface area contributed by atoms with E-state index in [1.807, 2.05) is 0 Å². The maximum Gasteiger partial charge on any atom is 0.243 e. The molecule has 0 unspecified atom stereocenters. The highest BCUT2D eigenvalue weighted by Gasteiger charge is 2.28. The third-order valence-electron chi connectivity index (χ3n) is 5.00. The number of amides is 1. The average molecular weight is 476 g/mol. The van der Waals surface area contributed by atoms with E-state index in [2.05, 4.69) is 10.3 Å². The van der Waals surface area contributed by atoms with Gasteiger partial charge < -0.3 is 10.1 Å². The monoisotopic (exact) mass is 475 g/mol. The highest BCUT2D eigenvalue weighted by Crippen LogP contribution is 2.25. The molecule has 0 bridgehead atoms. The van der Waals surface area contributed by atoms with E-state index in [0.717, 1.165) is 0 Å². The van der Waals surface area contributed by atoms with Gasteiger partial charge in [0.25, 0.3) is 0 Å². The Morgan fingerprint density at radius 1 is 1.16 bits per heavy atom. The normalized spacial score (nSPS) is 14.9. The largest absolute Gasteiger partial charge is 0.379 e. The van der Waals surface area contributed by atoms with Crippen molar-refractivity contribution < 1.29 is 22.3 Å². The van der Waals surface area contributed by atoms with E-state index in [0.29, 0.717) is 48.1 Å².